The van der Waals surface area contributed by atoms with Crippen LogP contribution in [0.15, 0.2) is 42.5 Å². The summed E-state index contributed by atoms with van der Waals surface area (Å²) in [5, 5.41) is 6.13. The fourth-order valence-electron chi connectivity index (χ4n) is 3.25. The van der Waals surface area contributed by atoms with Gasteiger partial charge in [-0.05, 0) is 31.2 Å². The van der Waals surface area contributed by atoms with E-state index in [2.05, 4.69) is 27.5 Å². The summed E-state index contributed by atoms with van der Waals surface area (Å²) >= 11 is 0. The highest BCUT2D eigenvalue weighted by Gasteiger charge is 2.23. The van der Waals surface area contributed by atoms with E-state index in [1.807, 2.05) is 24.3 Å². The zero-order valence-electron chi connectivity index (χ0n) is 17.4. The summed E-state index contributed by atoms with van der Waals surface area (Å²) in [6.45, 7) is 0.347. The van der Waals surface area contributed by atoms with Gasteiger partial charge in [-0.2, -0.15) is 0 Å². The number of H-pyrrole nitrogens is 1. The number of nitrogens with two attached hydrogens (primary N) is 1. The van der Waals surface area contributed by atoms with Gasteiger partial charge < -0.3 is 25.8 Å². The minimum absolute atomic E-state index is 0.0635. The zero-order valence-corrected chi connectivity index (χ0v) is 18.3. The maximum atomic E-state index is 13.8. The Morgan fingerprint density at radius 3 is 2.67 bits per heavy atom. The molecule has 7 N–H and O–H groups in total. The van der Waals surface area contributed by atoms with E-state index in [-0.39, 0.29) is 12.0 Å². The summed E-state index contributed by atoms with van der Waals surface area (Å²) in [7, 11) is -4.45. The number of para-hydroxylation sites is 1. The van der Waals surface area contributed by atoms with Crippen molar-refractivity contribution in [2.45, 2.75) is 18.9 Å². The second-order valence-corrected chi connectivity index (χ2v) is 8.91. The van der Waals surface area contributed by atoms with Crippen molar-refractivity contribution in [2.75, 3.05) is 18.1 Å². The fourth-order valence-corrected chi connectivity index (χ4v) is 3.71. The van der Waals surface area contributed by atoms with Crippen molar-refractivity contribution in [2.24, 2.45) is 5.73 Å². The number of hydrogen-bond donors (Lipinski definition) is 6. The molecule has 0 fully saturated rings. The predicted molar refractivity (Wildman–Crippen MR) is 121 cm³/mol. The Balaban J connectivity index is 1.83. The molecule has 1 atom stereocenters. The van der Waals surface area contributed by atoms with Crippen LogP contribution in [0, 0.1) is 23.5 Å². The van der Waals surface area contributed by atoms with Gasteiger partial charge >= 0.3 is 7.60 Å². The molecule has 174 valence electrons. The van der Waals surface area contributed by atoms with E-state index >= 15 is 0 Å². The molecule has 0 saturated heterocycles. The van der Waals surface area contributed by atoms with Crippen molar-refractivity contribution in [1.82, 2.24) is 10.3 Å². The van der Waals surface area contributed by atoms with Crippen LogP contribution in [0.3, 0.4) is 0 Å². The molecule has 8 nitrogen and oxygen atoms in total. The van der Waals surface area contributed by atoms with Crippen molar-refractivity contribution in [3.63, 3.8) is 0 Å². The number of halogens is 2. The number of carbonyl (C=O) groups excluding carboxylic acids is 1. The molecule has 1 heterocycles. The zero-order chi connectivity index (χ0) is 24.0. The van der Waals surface area contributed by atoms with E-state index in [0.29, 0.717) is 24.8 Å². The Labute approximate surface area is 188 Å². The number of aromatic amines is 1. The van der Waals surface area contributed by atoms with Gasteiger partial charge in [0.1, 0.15) is 17.5 Å². The Hall–Kier alpha value is -3.06. The molecule has 0 aliphatic carbocycles. The number of anilines is 1. The molecule has 0 radical (unpaired) electrons. The maximum Gasteiger partial charge on any atom is 0.339 e. The number of rotatable bonds is 8. The molecule has 33 heavy (non-hydrogen) atoms. The van der Waals surface area contributed by atoms with Gasteiger partial charge in [0.2, 0.25) is 5.91 Å². The van der Waals surface area contributed by atoms with E-state index in [0.717, 1.165) is 22.5 Å². The van der Waals surface area contributed by atoms with E-state index in [9.17, 15) is 27.9 Å². The average Bonchev–Trinajstić information content (AvgIpc) is 3.08. The standard InChI is InChI=1S/C22H23F2N4O4P/c23-15-9-8-14(18(24)12-15)4-3-7-20(26-13-33(30,31)32)22(29)28-21-17(10-11-25)16-5-1-2-6-19(16)27-21/h1-2,5-6,8-9,12,20,26-27H,7,10-11,13,25H2,(H,28,29)(H2,30,31,32)/t20-/m0/s1. The molecule has 3 rings (SSSR count). The summed E-state index contributed by atoms with van der Waals surface area (Å²) in [5.74, 6) is 3.35. The third kappa shape index (κ3) is 6.71. The van der Waals surface area contributed by atoms with Gasteiger partial charge in [-0.25, -0.2) is 8.78 Å². The van der Waals surface area contributed by atoms with Crippen LogP contribution in [-0.4, -0.2) is 39.6 Å². The lowest BCUT2D eigenvalue weighted by molar-refractivity contribution is -0.118. The van der Waals surface area contributed by atoms with Crippen LogP contribution in [0.25, 0.3) is 10.9 Å². The van der Waals surface area contributed by atoms with Crippen LogP contribution < -0.4 is 16.4 Å². The number of nitrogens with one attached hydrogen (secondary N) is 3. The normalized spacial score (nSPS) is 12.3. The van der Waals surface area contributed by atoms with Crippen LogP contribution in [-0.2, 0) is 15.8 Å². The SMILES string of the molecule is NCCc1c(NC(=O)[C@H](CC#Cc2ccc(F)cc2F)NCP(=O)(O)O)[nH]c2ccccc12. The monoisotopic (exact) mass is 476 g/mol. The quantitative estimate of drug-likeness (QED) is 0.218. The highest BCUT2D eigenvalue weighted by Crippen LogP contribution is 2.32. The molecule has 0 bridgehead atoms. The fraction of sp³-hybridized carbons (Fsp3) is 0.227. The average molecular weight is 476 g/mol. The molecule has 1 amide bonds. The van der Waals surface area contributed by atoms with E-state index in [1.54, 1.807) is 0 Å². The predicted octanol–water partition coefficient (Wildman–Crippen LogP) is 2.42. The first-order valence-corrected chi connectivity index (χ1v) is 11.8. The van der Waals surface area contributed by atoms with Crippen molar-refractivity contribution in [3.05, 3.63) is 65.2 Å². The number of benzene rings is 2. The lowest BCUT2D eigenvalue weighted by Crippen LogP contribution is -2.41. The molecular formula is C22H23F2N4O4P. The minimum atomic E-state index is -4.45. The third-order valence-electron chi connectivity index (χ3n) is 4.78. The molecule has 0 aliphatic rings. The van der Waals surface area contributed by atoms with Crippen molar-refractivity contribution in [1.29, 1.82) is 0 Å². The second kappa shape index (κ2) is 10.7. The highest BCUT2D eigenvalue weighted by molar-refractivity contribution is 7.51. The molecule has 0 unspecified atom stereocenters. The summed E-state index contributed by atoms with van der Waals surface area (Å²) in [6.07, 6.45) is -0.445. The highest BCUT2D eigenvalue weighted by atomic mass is 31.2. The topological polar surface area (TPSA) is 140 Å². The third-order valence-corrected chi connectivity index (χ3v) is 5.37. The number of aromatic nitrogens is 1. The van der Waals surface area contributed by atoms with Gasteiger partial charge in [0, 0.05) is 29.0 Å². The smallest absolute Gasteiger partial charge is 0.339 e. The summed E-state index contributed by atoms with van der Waals surface area (Å²) < 4.78 is 38.1. The van der Waals surface area contributed by atoms with E-state index in [1.165, 1.54) is 6.07 Å². The van der Waals surface area contributed by atoms with Crippen molar-refractivity contribution in [3.8, 4) is 11.8 Å². The molecule has 11 heteroatoms. The Bertz CT molecular complexity index is 1260. The van der Waals surface area contributed by atoms with Crippen LogP contribution >= 0.6 is 7.60 Å². The van der Waals surface area contributed by atoms with Gasteiger partial charge in [0.15, 0.2) is 0 Å². The molecule has 2 aromatic carbocycles. The van der Waals surface area contributed by atoms with Crippen LogP contribution in [0.2, 0.25) is 0 Å². The summed E-state index contributed by atoms with van der Waals surface area (Å²) in [6, 6.07) is 9.22. The molecule has 1 aromatic heterocycles. The largest absolute Gasteiger partial charge is 0.341 e. The lowest BCUT2D eigenvalue weighted by atomic mass is 10.1. The molecule has 0 spiro atoms. The Morgan fingerprint density at radius 1 is 1.21 bits per heavy atom. The second-order valence-electron chi connectivity index (χ2n) is 7.26. The van der Waals surface area contributed by atoms with Gasteiger partial charge in [-0.3, -0.25) is 14.7 Å². The number of fused-ring (bicyclic) bond motifs is 1. The van der Waals surface area contributed by atoms with E-state index in [4.69, 9.17) is 5.73 Å². The van der Waals surface area contributed by atoms with Crippen molar-refractivity contribution >= 4 is 30.2 Å². The van der Waals surface area contributed by atoms with Crippen LogP contribution in [0.1, 0.15) is 17.5 Å². The Kier molecular flexibility index (Phi) is 7.97. The van der Waals surface area contributed by atoms with E-state index < -0.39 is 37.5 Å². The van der Waals surface area contributed by atoms with Gasteiger partial charge in [-0.1, -0.05) is 30.0 Å². The molecular weight excluding hydrogens is 453 g/mol. The molecule has 3 aromatic rings. The van der Waals surface area contributed by atoms with Gasteiger partial charge in [-0.15, -0.1) is 0 Å². The first-order chi connectivity index (χ1) is 15.7. The van der Waals surface area contributed by atoms with Crippen LogP contribution in [0.4, 0.5) is 14.6 Å². The van der Waals surface area contributed by atoms with Crippen LogP contribution in [0.5, 0.6) is 0 Å². The first-order valence-electron chi connectivity index (χ1n) is 10.0. The van der Waals surface area contributed by atoms with Gasteiger partial charge in [0.25, 0.3) is 0 Å². The summed E-state index contributed by atoms with van der Waals surface area (Å²) in [4.78, 5) is 34.4. The molecule has 0 saturated carbocycles. The molecule has 0 aliphatic heterocycles. The Morgan fingerprint density at radius 2 is 1.97 bits per heavy atom. The minimum Gasteiger partial charge on any atom is -0.341 e. The van der Waals surface area contributed by atoms with Gasteiger partial charge in [0.05, 0.1) is 17.9 Å². The van der Waals surface area contributed by atoms with Crippen molar-refractivity contribution < 1.29 is 27.9 Å². The number of amides is 1. The lowest BCUT2D eigenvalue weighted by Gasteiger charge is -2.17. The number of hydrogen-bond acceptors (Lipinski definition) is 4. The number of carbonyl (C=O) groups is 1. The summed E-state index contributed by atoms with van der Waals surface area (Å²) in [5.41, 5.74) is 7.24. The maximum absolute atomic E-state index is 13.8. The first kappa shape index (κ1) is 24.6.